The van der Waals surface area contributed by atoms with E-state index in [1.165, 1.54) is 0 Å². The first-order valence-electron chi connectivity index (χ1n) is 3.54. The molecule has 5 N–H and O–H groups in total. The fourth-order valence-corrected chi connectivity index (χ4v) is 0.710. The van der Waals surface area contributed by atoms with Crippen LogP contribution < -0.4 is 23.9 Å². The Morgan fingerprint density at radius 1 is 1.43 bits per heavy atom. The molecule has 0 saturated carbocycles. The molecule has 0 aromatic heterocycles. The summed E-state index contributed by atoms with van der Waals surface area (Å²) in [6.45, 7) is 0. The third-order valence-electron chi connectivity index (χ3n) is 1.46. The van der Waals surface area contributed by atoms with Crippen molar-refractivity contribution in [2.45, 2.75) is 31.2 Å². The minimum absolute atomic E-state index is 0. The third kappa shape index (κ3) is 6.01. The van der Waals surface area contributed by atoms with Gasteiger partial charge in [0.15, 0.2) is 6.10 Å². The van der Waals surface area contributed by atoms with Gasteiger partial charge in [-0.1, -0.05) is 0 Å². The second-order valence-corrected chi connectivity index (χ2v) is 2.66. The number of hydrogen-bond acceptors (Lipinski definition) is 3. The van der Waals surface area contributed by atoms with Gasteiger partial charge in [-0.25, -0.2) is 0 Å². The monoisotopic (exact) mass is 235 g/mol. The molecule has 0 saturated heterocycles. The Morgan fingerprint density at radius 2 is 1.86 bits per heavy atom. The van der Waals surface area contributed by atoms with Crippen LogP contribution in [0.4, 0.5) is 13.2 Å². The number of primary amides is 1. The van der Waals surface area contributed by atoms with Crippen molar-refractivity contribution in [2.24, 2.45) is 11.5 Å². The molecule has 0 aromatic carbocycles. The number of aliphatic hydroxyl groups is 1. The minimum atomic E-state index is -4.75. The van der Waals surface area contributed by atoms with Gasteiger partial charge in [-0.05, 0) is 6.42 Å². The molecule has 2 atom stereocenters. The van der Waals surface area contributed by atoms with Crippen LogP contribution in [0.25, 0.3) is 0 Å². The van der Waals surface area contributed by atoms with Crippen LogP contribution in [0.15, 0.2) is 0 Å². The summed E-state index contributed by atoms with van der Waals surface area (Å²) >= 11 is 0. The minimum Gasteiger partial charge on any atom is -1.00 e. The van der Waals surface area contributed by atoms with Crippen LogP contribution in [0, 0.1) is 0 Å². The van der Waals surface area contributed by atoms with Gasteiger partial charge in [0.25, 0.3) is 0 Å². The van der Waals surface area contributed by atoms with Crippen LogP contribution in [0.1, 0.15) is 12.8 Å². The molecule has 14 heavy (non-hydrogen) atoms. The molecule has 0 aliphatic rings. The fraction of sp³-hybridized carbons (Fsp3) is 0.833. The molecule has 0 radical (unpaired) electrons. The molecular formula is C6H11ClF3N2O2-. The average Bonchev–Trinajstić information content (AvgIpc) is 1.96. The van der Waals surface area contributed by atoms with E-state index < -0.39 is 24.2 Å². The zero-order valence-corrected chi connectivity index (χ0v) is 7.85. The van der Waals surface area contributed by atoms with Gasteiger partial charge >= 0.3 is 6.18 Å². The molecule has 0 spiro atoms. The second-order valence-electron chi connectivity index (χ2n) is 2.66. The Kier molecular flexibility index (Phi) is 6.88. The molecule has 0 bridgehead atoms. The first kappa shape index (κ1) is 15.9. The normalized spacial score (nSPS) is 15.5. The molecule has 4 nitrogen and oxygen atoms in total. The SMILES string of the molecule is NC(=O)CCC(N)C(O)C(F)(F)F.[Cl-]. The standard InChI is InChI=1S/C6H11F3N2O2.ClH/c7-6(8,9)5(13)3(10)1-2-4(11)12;/h3,5,13H,1-2,10H2,(H2,11,12);1H/p-1. The number of nitrogens with two attached hydrogens (primary N) is 2. The average molecular weight is 236 g/mol. The van der Waals surface area contributed by atoms with Crippen molar-refractivity contribution in [1.82, 2.24) is 0 Å². The Morgan fingerprint density at radius 3 is 2.14 bits per heavy atom. The van der Waals surface area contributed by atoms with E-state index in [-0.39, 0.29) is 25.2 Å². The summed E-state index contributed by atoms with van der Waals surface area (Å²) in [6.07, 6.45) is -7.91. The molecule has 8 heteroatoms. The van der Waals surface area contributed by atoms with Crippen molar-refractivity contribution >= 4 is 5.91 Å². The van der Waals surface area contributed by atoms with Crippen molar-refractivity contribution in [3.63, 3.8) is 0 Å². The summed E-state index contributed by atoms with van der Waals surface area (Å²) in [4.78, 5) is 10.2. The number of amides is 1. The highest BCUT2D eigenvalue weighted by atomic mass is 35.5. The topological polar surface area (TPSA) is 89.3 Å². The van der Waals surface area contributed by atoms with Crippen LogP contribution in [-0.2, 0) is 4.79 Å². The molecule has 86 valence electrons. The van der Waals surface area contributed by atoms with Gasteiger partial charge in [-0.15, -0.1) is 0 Å². The smallest absolute Gasteiger partial charge is 0.415 e. The molecule has 0 heterocycles. The Labute approximate surface area is 84.8 Å². The quantitative estimate of drug-likeness (QED) is 0.473. The van der Waals surface area contributed by atoms with E-state index in [0.29, 0.717) is 0 Å². The predicted octanol–water partition coefficient (Wildman–Crippen LogP) is -3.49. The third-order valence-corrected chi connectivity index (χ3v) is 1.46. The molecule has 2 unspecified atom stereocenters. The maximum atomic E-state index is 11.8. The van der Waals surface area contributed by atoms with Crippen molar-refractivity contribution in [2.75, 3.05) is 0 Å². The lowest BCUT2D eigenvalue weighted by Gasteiger charge is -2.20. The summed E-state index contributed by atoms with van der Waals surface area (Å²) in [7, 11) is 0. The van der Waals surface area contributed by atoms with E-state index in [1.54, 1.807) is 0 Å². The summed E-state index contributed by atoms with van der Waals surface area (Å²) in [5.74, 6) is -0.746. The van der Waals surface area contributed by atoms with E-state index in [2.05, 4.69) is 0 Å². The largest absolute Gasteiger partial charge is 1.00 e. The number of carbonyl (C=O) groups is 1. The summed E-state index contributed by atoms with van der Waals surface area (Å²) < 4.78 is 35.3. The first-order chi connectivity index (χ1) is 5.75. The number of alkyl halides is 3. The maximum Gasteiger partial charge on any atom is 0.415 e. The van der Waals surface area contributed by atoms with Crippen LogP contribution in [0.3, 0.4) is 0 Å². The lowest BCUT2D eigenvalue weighted by Crippen LogP contribution is -3.00. The number of aliphatic hydroxyl groups excluding tert-OH is 1. The van der Waals surface area contributed by atoms with Gasteiger partial charge in [0, 0.05) is 12.5 Å². The van der Waals surface area contributed by atoms with Crippen molar-refractivity contribution in [1.29, 1.82) is 0 Å². The molecule has 0 aliphatic heterocycles. The highest BCUT2D eigenvalue weighted by Gasteiger charge is 2.41. The molecule has 0 rings (SSSR count). The lowest BCUT2D eigenvalue weighted by atomic mass is 10.1. The predicted molar refractivity (Wildman–Crippen MR) is 38.5 cm³/mol. The zero-order chi connectivity index (χ0) is 10.6. The molecule has 1 amide bonds. The fourth-order valence-electron chi connectivity index (χ4n) is 0.710. The molecule has 0 aliphatic carbocycles. The summed E-state index contributed by atoms with van der Waals surface area (Å²) in [5, 5.41) is 8.56. The zero-order valence-electron chi connectivity index (χ0n) is 7.09. The highest BCUT2D eigenvalue weighted by Crippen LogP contribution is 2.22. The highest BCUT2D eigenvalue weighted by molar-refractivity contribution is 5.73. The Bertz CT molecular complexity index is 188. The van der Waals surface area contributed by atoms with Gasteiger partial charge in [0.2, 0.25) is 5.91 Å². The summed E-state index contributed by atoms with van der Waals surface area (Å²) in [6, 6.07) is -1.51. The van der Waals surface area contributed by atoms with Crippen molar-refractivity contribution < 1.29 is 35.5 Å². The van der Waals surface area contributed by atoms with E-state index in [1.807, 2.05) is 0 Å². The second kappa shape index (κ2) is 6.05. The molecule has 0 fully saturated rings. The van der Waals surface area contributed by atoms with Crippen LogP contribution in [-0.4, -0.2) is 29.3 Å². The number of hydrogen-bond donors (Lipinski definition) is 3. The Hall–Kier alpha value is -0.530. The van der Waals surface area contributed by atoms with Gasteiger partial charge in [-0.2, -0.15) is 13.2 Å². The van der Waals surface area contributed by atoms with Gasteiger partial charge in [0.05, 0.1) is 0 Å². The van der Waals surface area contributed by atoms with E-state index in [4.69, 9.17) is 16.6 Å². The molecular weight excluding hydrogens is 225 g/mol. The van der Waals surface area contributed by atoms with Crippen LogP contribution in [0.2, 0.25) is 0 Å². The Balaban J connectivity index is 0. The number of halogens is 4. The number of rotatable bonds is 4. The first-order valence-corrected chi connectivity index (χ1v) is 3.54. The van der Waals surface area contributed by atoms with Gasteiger partial charge < -0.3 is 29.0 Å². The van der Waals surface area contributed by atoms with Crippen molar-refractivity contribution in [3.05, 3.63) is 0 Å². The van der Waals surface area contributed by atoms with Crippen molar-refractivity contribution in [3.8, 4) is 0 Å². The summed E-state index contributed by atoms with van der Waals surface area (Å²) in [5.41, 5.74) is 9.67. The maximum absolute atomic E-state index is 11.8. The lowest BCUT2D eigenvalue weighted by molar-refractivity contribution is -0.210. The van der Waals surface area contributed by atoms with Gasteiger partial charge in [-0.3, -0.25) is 4.79 Å². The van der Waals surface area contributed by atoms with E-state index in [0.717, 1.165) is 0 Å². The number of carbonyl (C=O) groups excluding carboxylic acids is 1. The van der Waals surface area contributed by atoms with Crippen LogP contribution >= 0.6 is 0 Å². The van der Waals surface area contributed by atoms with E-state index in [9.17, 15) is 18.0 Å². The van der Waals surface area contributed by atoms with Crippen LogP contribution in [0.5, 0.6) is 0 Å². The van der Waals surface area contributed by atoms with Gasteiger partial charge in [0.1, 0.15) is 0 Å². The molecule has 0 aromatic rings. The van der Waals surface area contributed by atoms with E-state index >= 15 is 0 Å².